The molecule has 0 aliphatic carbocycles. The van der Waals surface area contributed by atoms with Crippen molar-refractivity contribution in [1.82, 2.24) is 15.3 Å². The Morgan fingerprint density at radius 2 is 1.94 bits per heavy atom. The van der Waals surface area contributed by atoms with Gasteiger partial charge in [0.2, 0.25) is 5.89 Å². The molecule has 3 N–H and O–H groups in total. The standard InChI is InChI=1S/C24H23N5O4/c1-26-23(30)20-13-16(7-8-27-20)32-15-5-6-19-21(14-15)33-24(28-19)17-3-2-4-18(25)22(17)29-9-11-31-12-10-29/h2-8,13-14H,9-12,25H2,1H3,(H,26,30). The zero-order valence-electron chi connectivity index (χ0n) is 18.1. The van der Waals surface area contributed by atoms with Crippen molar-refractivity contribution < 1.29 is 18.7 Å². The van der Waals surface area contributed by atoms with Gasteiger partial charge in [-0.15, -0.1) is 0 Å². The van der Waals surface area contributed by atoms with E-state index in [9.17, 15) is 4.79 Å². The fourth-order valence-electron chi connectivity index (χ4n) is 3.82. The lowest BCUT2D eigenvalue weighted by atomic mass is 10.1. The number of anilines is 2. The van der Waals surface area contributed by atoms with Crippen LogP contribution in [0.15, 0.2) is 59.1 Å². The molecule has 1 amide bonds. The summed E-state index contributed by atoms with van der Waals surface area (Å²) in [6.07, 6.45) is 1.53. The maximum absolute atomic E-state index is 11.8. The first-order valence-electron chi connectivity index (χ1n) is 10.6. The van der Waals surface area contributed by atoms with Crippen LogP contribution in [0.3, 0.4) is 0 Å². The van der Waals surface area contributed by atoms with Gasteiger partial charge in [0.05, 0.1) is 30.2 Å². The molecule has 4 aromatic rings. The van der Waals surface area contributed by atoms with E-state index in [0.717, 1.165) is 24.3 Å². The quantitative estimate of drug-likeness (QED) is 0.449. The summed E-state index contributed by atoms with van der Waals surface area (Å²) in [5, 5.41) is 2.55. The summed E-state index contributed by atoms with van der Waals surface area (Å²) in [6, 6.07) is 14.4. The minimum atomic E-state index is -0.283. The zero-order valence-corrected chi connectivity index (χ0v) is 18.1. The number of nitrogens with zero attached hydrogens (tertiary/aromatic N) is 3. The van der Waals surface area contributed by atoms with Crippen molar-refractivity contribution in [3.8, 4) is 23.0 Å². The first-order chi connectivity index (χ1) is 16.1. The van der Waals surface area contributed by atoms with E-state index in [4.69, 9.17) is 19.6 Å². The molecule has 0 spiro atoms. The van der Waals surface area contributed by atoms with Crippen molar-refractivity contribution in [1.29, 1.82) is 0 Å². The van der Waals surface area contributed by atoms with Gasteiger partial charge in [-0.2, -0.15) is 0 Å². The number of nitrogens with two attached hydrogens (primary N) is 1. The molecule has 3 heterocycles. The molecule has 5 rings (SSSR count). The van der Waals surface area contributed by atoms with Crippen LogP contribution in [0, 0.1) is 0 Å². The van der Waals surface area contributed by atoms with Gasteiger partial charge in [0.1, 0.15) is 22.7 Å². The highest BCUT2D eigenvalue weighted by atomic mass is 16.5. The Bertz CT molecular complexity index is 1310. The topological polar surface area (TPSA) is 116 Å². The number of hydrogen-bond donors (Lipinski definition) is 2. The maximum atomic E-state index is 11.8. The average Bonchev–Trinajstić information content (AvgIpc) is 3.27. The van der Waals surface area contributed by atoms with Crippen molar-refractivity contribution in [2.24, 2.45) is 0 Å². The lowest BCUT2D eigenvalue weighted by Crippen LogP contribution is -2.37. The van der Waals surface area contributed by atoms with Crippen molar-refractivity contribution >= 4 is 28.4 Å². The third-order valence-electron chi connectivity index (χ3n) is 5.41. The largest absolute Gasteiger partial charge is 0.457 e. The number of amides is 1. The highest BCUT2D eigenvalue weighted by Crippen LogP contribution is 2.37. The highest BCUT2D eigenvalue weighted by molar-refractivity contribution is 5.92. The van der Waals surface area contributed by atoms with Crippen molar-refractivity contribution in [3.05, 3.63) is 60.4 Å². The number of carbonyl (C=O) groups is 1. The molecular weight excluding hydrogens is 422 g/mol. The van der Waals surface area contributed by atoms with Crippen LogP contribution < -0.4 is 20.7 Å². The van der Waals surface area contributed by atoms with E-state index in [-0.39, 0.29) is 11.6 Å². The van der Waals surface area contributed by atoms with Gasteiger partial charge < -0.3 is 29.8 Å². The summed E-state index contributed by atoms with van der Waals surface area (Å²) in [4.78, 5) is 22.8. The number of carbonyl (C=O) groups excluding carboxylic acids is 1. The molecule has 1 aliphatic rings. The molecule has 1 saturated heterocycles. The Kier molecular flexibility index (Phi) is 5.54. The second kappa shape index (κ2) is 8.79. The number of benzene rings is 2. The van der Waals surface area contributed by atoms with Crippen LogP contribution in [0.1, 0.15) is 10.5 Å². The van der Waals surface area contributed by atoms with E-state index < -0.39 is 0 Å². The van der Waals surface area contributed by atoms with Crippen LogP contribution in [-0.4, -0.2) is 49.2 Å². The minimum Gasteiger partial charge on any atom is -0.457 e. The van der Waals surface area contributed by atoms with Gasteiger partial charge in [0.25, 0.3) is 5.91 Å². The van der Waals surface area contributed by atoms with Gasteiger partial charge in [0, 0.05) is 38.5 Å². The predicted molar refractivity (Wildman–Crippen MR) is 125 cm³/mol. The Morgan fingerprint density at radius 1 is 1.12 bits per heavy atom. The number of pyridine rings is 1. The second-order valence-corrected chi connectivity index (χ2v) is 7.55. The molecule has 1 aliphatic heterocycles. The molecule has 168 valence electrons. The van der Waals surface area contributed by atoms with Crippen molar-refractivity contribution in [3.63, 3.8) is 0 Å². The normalized spacial score (nSPS) is 13.8. The summed E-state index contributed by atoms with van der Waals surface area (Å²) in [7, 11) is 1.55. The van der Waals surface area contributed by atoms with Gasteiger partial charge >= 0.3 is 0 Å². The number of nitrogens with one attached hydrogen (secondary N) is 1. The van der Waals surface area contributed by atoms with Crippen LogP contribution in [0.4, 0.5) is 11.4 Å². The molecule has 0 bridgehead atoms. The van der Waals surface area contributed by atoms with E-state index in [0.29, 0.717) is 47.4 Å². The number of nitrogen functional groups attached to an aromatic ring is 1. The first kappa shape index (κ1) is 20.8. The molecule has 9 nitrogen and oxygen atoms in total. The minimum absolute atomic E-state index is 0.273. The van der Waals surface area contributed by atoms with E-state index in [1.807, 2.05) is 24.3 Å². The van der Waals surface area contributed by atoms with E-state index in [2.05, 4.69) is 20.2 Å². The second-order valence-electron chi connectivity index (χ2n) is 7.55. The summed E-state index contributed by atoms with van der Waals surface area (Å²) in [6.45, 7) is 2.81. The third-order valence-corrected chi connectivity index (χ3v) is 5.41. The monoisotopic (exact) mass is 445 g/mol. The van der Waals surface area contributed by atoms with Crippen molar-refractivity contribution in [2.45, 2.75) is 0 Å². The number of rotatable bonds is 5. The van der Waals surface area contributed by atoms with E-state index in [1.165, 1.54) is 6.20 Å². The average molecular weight is 445 g/mol. The van der Waals surface area contributed by atoms with Gasteiger partial charge in [-0.25, -0.2) is 4.98 Å². The number of fused-ring (bicyclic) bond motifs is 1. The third kappa shape index (κ3) is 4.18. The molecule has 2 aromatic carbocycles. The van der Waals surface area contributed by atoms with Crippen LogP contribution >= 0.6 is 0 Å². The molecule has 0 unspecified atom stereocenters. The van der Waals surface area contributed by atoms with E-state index in [1.54, 1.807) is 31.3 Å². The summed E-state index contributed by atoms with van der Waals surface area (Å²) < 4.78 is 17.5. The zero-order chi connectivity index (χ0) is 22.8. The Morgan fingerprint density at radius 3 is 2.76 bits per heavy atom. The lowest BCUT2D eigenvalue weighted by Gasteiger charge is -2.31. The smallest absolute Gasteiger partial charge is 0.269 e. The summed E-state index contributed by atoms with van der Waals surface area (Å²) in [5.74, 6) is 1.25. The molecule has 2 aromatic heterocycles. The molecule has 0 saturated carbocycles. The van der Waals surface area contributed by atoms with Crippen LogP contribution in [0.2, 0.25) is 0 Å². The van der Waals surface area contributed by atoms with Gasteiger partial charge in [0.15, 0.2) is 5.58 Å². The lowest BCUT2D eigenvalue weighted by molar-refractivity contribution is 0.0958. The van der Waals surface area contributed by atoms with Gasteiger partial charge in [-0.05, 0) is 30.3 Å². The fourth-order valence-corrected chi connectivity index (χ4v) is 3.82. The summed E-state index contributed by atoms with van der Waals surface area (Å²) in [5.41, 5.74) is 10.3. The number of aromatic nitrogens is 2. The maximum Gasteiger partial charge on any atom is 0.269 e. The molecule has 0 atom stereocenters. The number of morpholine rings is 1. The fraction of sp³-hybridized carbons (Fsp3) is 0.208. The molecule has 0 radical (unpaired) electrons. The Labute approximate surface area is 190 Å². The number of oxazole rings is 1. The Hall–Kier alpha value is -4.11. The molecule has 9 heteroatoms. The molecule has 1 fully saturated rings. The van der Waals surface area contributed by atoms with Crippen LogP contribution in [0.25, 0.3) is 22.6 Å². The Balaban J connectivity index is 1.46. The van der Waals surface area contributed by atoms with E-state index >= 15 is 0 Å². The first-order valence-corrected chi connectivity index (χ1v) is 10.6. The van der Waals surface area contributed by atoms with Crippen LogP contribution in [-0.2, 0) is 4.74 Å². The SMILES string of the molecule is CNC(=O)c1cc(Oc2ccc3nc(-c4cccc(N)c4N4CCOCC4)oc3c2)ccn1. The van der Waals surface area contributed by atoms with Crippen LogP contribution in [0.5, 0.6) is 11.5 Å². The van der Waals surface area contributed by atoms with Crippen molar-refractivity contribution in [2.75, 3.05) is 44.0 Å². The van der Waals surface area contributed by atoms with Gasteiger partial charge in [-0.3, -0.25) is 9.78 Å². The highest BCUT2D eigenvalue weighted by Gasteiger charge is 2.21. The predicted octanol–water partition coefficient (Wildman–Crippen LogP) is 3.46. The molecular formula is C24H23N5O4. The number of ether oxygens (including phenoxy) is 2. The molecule has 33 heavy (non-hydrogen) atoms. The summed E-state index contributed by atoms with van der Waals surface area (Å²) >= 11 is 0. The van der Waals surface area contributed by atoms with Gasteiger partial charge in [-0.1, -0.05) is 6.07 Å². The number of hydrogen-bond acceptors (Lipinski definition) is 8. The number of para-hydroxylation sites is 1.